The first-order valence-corrected chi connectivity index (χ1v) is 7.19. The van der Waals surface area contributed by atoms with Crippen LogP contribution >= 0.6 is 0 Å². The van der Waals surface area contributed by atoms with Gasteiger partial charge in [-0.1, -0.05) is 18.2 Å². The summed E-state index contributed by atoms with van der Waals surface area (Å²) in [4.78, 5) is 23.7. The number of ether oxygens (including phenoxy) is 1. The number of amides is 3. The molecule has 0 aromatic heterocycles. The minimum Gasteiger partial charge on any atom is -0.383 e. The predicted octanol–water partition coefficient (Wildman–Crippen LogP) is 2.71. The van der Waals surface area contributed by atoms with Crippen LogP contribution in [0.2, 0.25) is 0 Å². The highest BCUT2D eigenvalue weighted by atomic mass is 16.5. The number of carbonyl (C=O) groups excluding carboxylic acids is 2. The van der Waals surface area contributed by atoms with Gasteiger partial charge >= 0.3 is 6.03 Å². The van der Waals surface area contributed by atoms with Gasteiger partial charge in [0.25, 0.3) is 5.91 Å². The van der Waals surface area contributed by atoms with Crippen LogP contribution in [-0.2, 0) is 4.74 Å². The van der Waals surface area contributed by atoms with Crippen molar-refractivity contribution in [2.24, 2.45) is 0 Å². The van der Waals surface area contributed by atoms with Crippen LogP contribution in [0, 0.1) is 0 Å². The number of benzene rings is 2. The van der Waals surface area contributed by atoms with Gasteiger partial charge in [-0.2, -0.15) is 0 Å². The molecule has 0 aliphatic rings. The van der Waals surface area contributed by atoms with Crippen molar-refractivity contribution < 1.29 is 14.3 Å². The van der Waals surface area contributed by atoms with E-state index in [1.165, 1.54) is 0 Å². The second-order valence-electron chi connectivity index (χ2n) is 4.77. The lowest BCUT2D eigenvalue weighted by molar-refractivity contribution is 0.102. The molecule has 0 saturated heterocycles. The molecule has 2 aromatic carbocycles. The first-order chi connectivity index (χ1) is 11.2. The van der Waals surface area contributed by atoms with Crippen LogP contribution in [0.1, 0.15) is 10.4 Å². The van der Waals surface area contributed by atoms with E-state index in [0.717, 1.165) is 5.69 Å². The normalized spacial score (nSPS) is 9.96. The maximum atomic E-state index is 12.1. The van der Waals surface area contributed by atoms with E-state index in [1.807, 2.05) is 30.3 Å². The van der Waals surface area contributed by atoms with Gasteiger partial charge in [-0.15, -0.1) is 0 Å². The molecular weight excluding hydrogens is 294 g/mol. The maximum absolute atomic E-state index is 12.1. The Morgan fingerprint density at radius 3 is 2.22 bits per heavy atom. The molecule has 0 radical (unpaired) electrons. The van der Waals surface area contributed by atoms with Crippen LogP contribution in [0.5, 0.6) is 0 Å². The van der Waals surface area contributed by atoms with Crippen LogP contribution in [0.15, 0.2) is 54.6 Å². The molecule has 6 heteroatoms. The molecule has 0 spiro atoms. The molecule has 2 rings (SSSR count). The molecule has 2 aromatic rings. The highest BCUT2D eigenvalue weighted by Gasteiger charge is 2.06. The summed E-state index contributed by atoms with van der Waals surface area (Å²) in [6.07, 6.45) is 0. The van der Waals surface area contributed by atoms with Gasteiger partial charge in [0.1, 0.15) is 0 Å². The third-order valence-corrected chi connectivity index (χ3v) is 3.03. The van der Waals surface area contributed by atoms with E-state index >= 15 is 0 Å². The molecule has 0 aliphatic carbocycles. The molecule has 3 amide bonds. The molecule has 23 heavy (non-hydrogen) atoms. The molecule has 6 nitrogen and oxygen atoms in total. The minimum absolute atomic E-state index is 0.202. The lowest BCUT2D eigenvalue weighted by Crippen LogP contribution is -2.31. The number of methoxy groups -OCH3 is 1. The number of hydrogen-bond donors (Lipinski definition) is 3. The first kappa shape index (κ1) is 16.5. The number of carbonyl (C=O) groups is 2. The number of nitrogens with one attached hydrogen (secondary N) is 3. The molecule has 0 fully saturated rings. The van der Waals surface area contributed by atoms with E-state index in [0.29, 0.717) is 24.4 Å². The number of para-hydroxylation sites is 1. The van der Waals surface area contributed by atoms with Crippen molar-refractivity contribution in [3.63, 3.8) is 0 Å². The molecule has 0 aliphatic heterocycles. The van der Waals surface area contributed by atoms with Crippen LogP contribution in [-0.4, -0.2) is 32.2 Å². The van der Waals surface area contributed by atoms with E-state index in [-0.39, 0.29) is 11.9 Å². The summed E-state index contributed by atoms with van der Waals surface area (Å²) in [5.74, 6) is -0.202. The van der Waals surface area contributed by atoms with Crippen molar-refractivity contribution >= 4 is 23.3 Å². The molecule has 120 valence electrons. The second kappa shape index (κ2) is 8.55. The topological polar surface area (TPSA) is 79.5 Å². The summed E-state index contributed by atoms with van der Waals surface area (Å²) >= 11 is 0. The lowest BCUT2D eigenvalue weighted by Gasteiger charge is -2.08. The van der Waals surface area contributed by atoms with Gasteiger partial charge in [-0.05, 0) is 36.4 Å². The van der Waals surface area contributed by atoms with Crippen molar-refractivity contribution in [1.29, 1.82) is 0 Å². The Bertz CT molecular complexity index is 642. The number of hydrogen-bond acceptors (Lipinski definition) is 3. The fraction of sp³-hybridized carbons (Fsp3) is 0.176. The number of rotatable bonds is 6. The minimum atomic E-state index is -0.316. The van der Waals surface area contributed by atoms with Crippen LogP contribution < -0.4 is 16.0 Å². The molecule has 0 bridgehead atoms. The zero-order valence-corrected chi connectivity index (χ0v) is 12.8. The molecule has 3 N–H and O–H groups in total. The lowest BCUT2D eigenvalue weighted by atomic mass is 10.2. The quantitative estimate of drug-likeness (QED) is 0.717. The fourth-order valence-corrected chi connectivity index (χ4v) is 1.87. The Morgan fingerprint density at radius 2 is 1.57 bits per heavy atom. The summed E-state index contributed by atoms with van der Waals surface area (Å²) in [6.45, 7) is 0.881. The van der Waals surface area contributed by atoms with Gasteiger partial charge in [0.05, 0.1) is 6.61 Å². The van der Waals surface area contributed by atoms with Crippen LogP contribution in [0.25, 0.3) is 0 Å². The monoisotopic (exact) mass is 313 g/mol. The van der Waals surface area contributed by atoms with Gasteiger partial charge in [-0.25, -0.2) is 4.79 Å². The summed E-state index contributed by atoms with van der Waals surface area (Å²) in [5, 5.41) is 8.13. The average molecular weight is 313 g/mol. The largest absolute Gasteiger partial charge is 0.383 e. The van der Waals surface area contributed by atoms with Gasteiger partial charge in [0, 0.05) is 30.6 Å². The average Bonchev–Trinajstić information content (AvgIpc) is 2.56. The first-order valence-electron chi connectivity index (χ1n) is 7.19. The van der Waals surface area contributed by atoms with Crippen molar-refractivity contribution in [1.82, 2.24) is 5.32 Å². The van der Waals surface area contributed by atoms with Gasteiger partial charge < -0.3 is 20.7 Å². The van der Waals surface area contributed by atoms with E-state index in [2.05, 4.69) is 16.0 Å². The van der Waals surface area contributed by atoms with Crippen molar-refractivity contribution in [3.8, 4) is 0 Å². The van der Waals surface area contributed by atoms with Gasteiger partial charge in [0.15, 0.2) is 0 Å². The smallest absolute Gasteiger partial charge is 0.319 e. The zero-order chi connectivity index (χ0) is 16.5. The fourth-order valence-electron chi connectivity index (χ4n) is 1.87. The van der Waals surface area contributed by atoms with Gasteiger partial charge in [-0.3, -0.25) is 4.79 Å². The predicted molar refractivity (Wildman–Crippen MR) is 89.7 cm³/mol. The third kappa shape index (κ3) is 5.44. The van der Waals surface area contributed by atoms with Gasteiger partial charge in [0.2, 0.25) is 0 Å². The summed E-state index contributed by atoms with van der Waals surface area (Å²) in [7, 11) is 1.57. The third-order valence-electron chi connectivity index (χ3n) is 3.03. The molecule has 0 heterocycles. The zero-order valence-electron chi connectivity index (χ0n) is 12.8. The van der Waals surface area contributed by atoms with E-state index in [9.17, 15) is 9.59 Å². The Kier molecular flexibility index (Phi) is 6.14. The van der Waals surface area contributed by atoms with E-state index in [1.54, 1.807) is 31.4 Å². The van der Waals surface area contributed by atoms with Crippen molar-refractivity contribution in [3.05, 3.63) is 60.2 Å². The highest BCUT2D eigenvalue weighted by Crippen LogP contribution is 2.12. The van der Waals surface area contributed by atoms with Crippen LogP contribution in [0.4, 0.5) is 16.2 Å². The van der Waals surface area contributed by atoms with Crippen molar-refractivity contribution in [2.45, 2.75) is 0 Å². The summed E-state index contributed by atoms with van der Waals surface area (Å²) < 4.78 is 4.85. The summed E-state index contributed by atoms with van der Waals surface area (Å²) in [6, 6.07) is 15.6. The number of anilines is 2. The second-order valence-corrected chi connectivity index (χ2v) is 4.77. The van der Waals surface area contributed by atoms with E-state index in [4.69, 9.17) is 4.74 Å². The SMILES string of the molecule is COCCNC(=O)Nc1ccc(C(=O)Nc2ccccc2)cc1. The Morgan fingerprint density at radius 1 is 0.913 bits per heavy atom. The van der Waals surface area contributed by atoms with E-state index < -0.39 is 0 Å². The Balaban J connectivity index is 1.88. The number of urea groups is 1. The van der Waals surface area contributed by atoms with Crippen molar-refractivity contribution in [2.75, 3.05) is 30.9 Å². The summed E-state index contributed by atoms with van der Waals surface area (Å²) in [5.41, 5.74) is 1.85. The highest BCUT2D eigenvalue weighted by molar-refractivity contribution is 6.04. The Hall–Kier alpha value is -2.86. The molecule has 0 unspecified atom stereocenters. The Labute approximate surface area is 134 Å². The van der Waals surface area contributed by atoms with Crippen LogP contribution in [0.3, 0.4) is 0 Å². The molecule has 0 saturated carbocycles. The standard InChI is InChI=1S/C17H19N3O3/c1-23-12-11-18-17(22)20-15-9-7-13(8-10-15)16(21)19-14-5-3-2-4-6-14/h2-10H,11-12H2,1H3,(H,19,21)(H2,18,20,22). The molecule has 0 atom stereocenters. The molecular formula is C17H19N3O3. The maximum Gasteiger partial charge on any atom is 0.319 e.